The molecule has 0 saturated carbocycles. The summed E-state index contributed by atoms with van der Waals surface area (Å²) in [6.07, 6.45) is 5.74. The summed E-state index contributed by atoms with van der Waals surface area (Å²) in [4.78, 5) is 11.4. The summed E-state index contributed by atoms with van der Waals surface area (Å²) in [5, 5.41) is 11.5. The molecule has 0 aliphatic heterocycles. The van der Waals surface area contributed by atoms with Crippen LogP contribution in [-0.2, 0) is 24.1 Å². The second-order valence-corrected chi connectivity index (χ2v) is 5.14. The van der Waals surface area contributed by atoms with E-state index in [1.165, 1.54) is 42.4 Å². The first-order valence-electron chi connectivity index (χ1n) is 6.95. The first kappa shape index (κ1) is 14.0. The molecule has 0 saturated heterocycles. The number of nitrogens with two attached hydrogens (primary N) is 1. The van der Waals surface area contributed by atoms with Crippen LogP contribution in [0.2, 0.25) is 0 Å². The summed E-state index contributed by atoms with van der Waals surface area (Å²) in [6.45, 7) is 0.246. The minimum atomic E-state index is -0.816. The molecule has 0 bridgehead atoms. The molecule has 19 heavy (non-hydrogen) atoms. The van der Waals surface area contributed by atoms with Crippen LogP contribution in [0.3, 0.4) is 0 Å². The van der Waals surface area contributed by atoms with E-state index in [0.717, 1.165) is 6.42 Å². The van der Waals surface area contributed by atoms with E-state index in [4.69, 9.17) is 10.8 Å². The van der Waals surface area contributed by atoms with E-state index in [-0.39, 0.29) is 12.5 Å². The summed E-state index contributed by atoms with van der Waals surface area (Å²) < 4.78 is 0. The average Bonchev–Trinajstić information content (AvgIpc) is 2.46. The molecule has 4 N–H and O–H groups in total. The van der Waals surface area contributed by atoms with Crippen LogP contribution in [0.15, 0.2) is 18.2 Å². The lowest BCUT2D eigenvalue weighted by Crippen LogP contribution is -2.43. The van der Waals surface area contributed by atoms with Crippen molar-refractivity contribution in [1.82, 2.24) is 5.32 Å². The maximum atomic E-state index is 11.4. The molecule has 1 aliphatic rings. The van der Waals surface area contributed by atoms with Gasteiger partial charge in [-0.2, -0.15) is 0 Å². The van der Waals surface area contributed by atoms with Crippen LogP contribution in [-0.4, -0.2) is 30.2 Å². The highest BCUT2D eigenvalue weighted by molar-refractivity contribution is 5.81. The van der Waals surface area contributed by atoms with Gasteiger partial charge in [-0.1, -0.05) is 18.2 Å². The zero-order valence-corrected chi connectivity index (χ0v) is 11.2. The number of carbonyl (C=O) groups excluding carboxylic acids is 1. The van der Waals surface area contributed by atoms with E-state index in [2.05, 4.69) is 23.5 Å². The Hall–Kier alpha value is -1.39. The second-order valence-electron chi connectivity index (χ2n) is 5.14. The van der Waals surface area contributed by atoms with Gasteiger partial charge in [-0.15, -0.1) is 0 Å². The lowest BCUT2D eigenvalue weighted by Gasteiger charge is -2.16. The molecule has 1 aliphatic carbocycles. The highest BCUT2D eigenvalue weighted by Crippen LogP contribution is 2.22. The molecule has 0 fully saturated rings. The van der Waals surface area contributed by atoms with Crippen molar-refractivity contribution in [3.05, 3.63) is 34.9 Å². The van der Waals surface area contributed by atoms with Gasteiger partial charge in [0.15, 0.2) is 0 Å². The Kier molecular flexibility index (Phi) is 4.93. The molecule has 1 atom stereocenters. The Balaban J connectivity index is 1.85. The van der Waals surface area contributed by atoms with Crippen molar-refractivity contribution in [2.24, 2.45) is 5.73 Å². The highest BCUT2D eigenvalue weighted by atomic mass is 16.3. The molecule has 1 amide bonds. The van der Waals surface area contributed by atoms with E-state index in [1.807, 2.05) is 0 Å². The standard InChI is InChI=1S/C15H22N2O2/c16-14(10-18)15(19)17-8-7-11-5-6-12-3-1-2-4-13(12)9-11/h5-6,9,14,18H,1-4,7-8,10,16H2,(H,17,19). The minimum absolute atomic E-state index is 0.291. The monoisotopic (exact) mass is 262 g/mol. The zero-order chi connectivity index (χ0) is 13.7. The molecule has 1 unspecified atom stereocenters. The topological polar surface area (TPSA) is 75.3 Å². The van der Waals surface area contributed by atoms with Gasteiger partial charge in [0.2, 0.25) is 5.91 Å². The first-order chi connectivity index (χ1) is 9.20. The molecular weight excluding hydrogens is 240 g/mol. The quantitative estimate of drug-likeness (QED) is 0.725. The van der Waals surface area contributed by atoms with Crippen molar-refractivity contribution in [3.63, 3.8) is 0 Å². The summed E-state index contributed by atoms with van der Waals surface area (Å²) in [6, 6.07) is 5.79. The van der Waals surface area contributed by atoms with Gasteiger partial charge in [0.25, 0.3) is 0 Å². The van der Waals surface area contributed by atoms with Gasteiger partial charge in [0.1, 0.15) is 6.04 Å². The van der Waals surface area contributed by atoms with E-state index in [1.54, 1.807) is 0 Å². The van der Waals surface area contributed by atoms with Crippen LogP contribution >= 0.6 is 0 Å². The number of aryl methyl sites for hydroxylation is 2. The minimum Gasteiger partial charge on any atom is -0.394 e. The lowest BCUT2D eigenvalue weighted by molar-refractivity contribution is -0.123. The highest BCUT2D eigenvalue weighted by Gasteiger charge is 2.12. The Morgan fingerprint density at radius 1 is 1.32 bits per heavy atom. The molecule has 1 aromatic rings. The molecule has 4 heteroatoms. The maximum absolute atomic E-state index is 11.4. The Morgan fingerprint density at radius 2 is 2.05 bits per heavy atom. The molecule has 0 heterocycles. The average molecular weight is 262 g/mol. The zero-order valence-electron chi connectivity index (χ0n) is 11.2. The second kappa shape index (κ2) is 6.68. The number of fused-ring (bicyclic) bond motifs is 1. The van der Waals surface area contributed by atoms with Crippen molar-refractivity contribution >= 4 is 5.91 Å². The fourth-order valence-corrected chi connectivity index (χ4v) is 2.49. The van der Waals surface area contributed by atoms with Crippen LogP contribution in [0, 0.1) is 0 Å². The van der Waals surface area contributed by atoms with Gasteiger partial charge >= 0.3 is 0 Å². The van der Waals surface area contributed by atoms with Crippen LogP contribution < -0.4 is 11.1 Å². The molecule has 0 aromatic heterocycles. The van der Waals surface area contributed by atoms with Gasteiger partial charge in [0, 0.05) is 6.54 Å². The summed E-state index contributed by atoms with van der Waals surface area (Å²) in [5.74, 6) is -0.291. The van der Waals surface area contributed by atoms with Crippen molar-refractivity contribution in [2.75, 3.05) is 13.2 Å². The summed E-state index contributed by atoms with van der Waals surface area (Å²) in [7, 11) is 0. The summed E-state index contributed by atoms with van der Waals surface area (Å²) >= 11 is 0. The first-order valence-corrected chi connectivity index (χ1v) is 6.95. The van der Waals surface area contributed by atoms with Gasteiger partial charge in [-0.05, 0) is 48.8 Å². The fraction of sp³-hybridized carbons (Fsp3) is 0.533. The van der Waals surface area contributed by atoms with Crippen molar-refractivity contribution in [1.29, 1.82) is 0 Å². The van der Waals surface area contributed by atoms with E-state index in [9.17, 15) is 4.79 Å². The SMILES string of the molecule is NC(CO)C(=O)NCCc1ccc2c(c1)CCCC2. The molecule has 1 aromatic carbocycles. The smallest absolute Gasteiger partial charge is 0.239 e. The number of amides is 1. The van der Waals surface area contributed by atoms with Gasteiger partial charge in [-0.25, -0.2) is 0 Å². The lowest BCUT2D eigenvalue weighted by atomic mass is 9.90. The van der Waals surface area contributed by atoms with Crippen LogP contribution in [0.25, 0.3) is 0 Å². The van der Waals surface area contributed by atoms with Gasteiger partial charge in [-0.3, -0.25) is 4.79 Å². The maximum Gasteiger partial charge on any atom is 0.239 e. The third kappa shape index (κ3) is 3.78. The van der Waals surface area contributed by atoms with E-state index < -0.39 is 6.04 Å². The number of carbonyl (C=O) groups is 1. The molecule has 104 valence electrons. The van der Waals surface area contributed by atoms with Gasteiger partial charge < -0.3 is 16.2 Å². The normalized spacial score (nSPS) is 15.7. The Bertz CT molecular complexity index is 446. The van der Waals surface area contributed by atoms with E-state index in [0.29, 0.717) is 6.54 Å². The number of aliphatic hydroxyl groups is 1. The Morgan fingerprint density at radius 3 is 2.79 bits per heavy atom. The fourth-order valence-electron chi connectivity index (χ4n) is 2.49. The van der Waals surface area contributed by atoms with E-state index >= 15 is 0 Å². The summed E-state index contributed by atoms with van der Waals surface area (Å²) in [5.41, 5.74) is 9.61. The van der Waals surface area contributed by atoms with Crippen molar-refractivity contribution < 1.29 is 9.90 Å². The van der Waals surface area contributed by atoms with Crippen LogP contribution in [0.1, 0.15) is 29.5 Å². The number of hydrogen-bond donors (Lipinski definition) is 3. The number of hydrogen-bond acceptors (Lipinski definition) is 3. The number of aliphatic hydroxyl groups excluding tert-OH is 1. The Labute approximate surface area is 114 Å². The number of rotatable bonds is 5. The molecule has 0 spiro atoms. The van der Waals surface area contributed by atoms with Crippen LogP contribution in [0.4, 0.5) is 0 Å². The number of nitrogens with one attached hydrogen (secondary N) is 1. The molecule has 2 rings (SSSR count). The molecule has 0 radical (unpaired) electrons. The third-order valence-electron chi connectivity index (χ3n) is 3.66. The molecular formula is C15H22N2O2. The predicted molar refractivity (Wildman–Crippen MR) is 74.9 cm³/mol. The van der Waals surface area contributed by atoms with Crippen LogP contribution in [0.5, 0.6) is 0 Å². The van der Waals surface area contributed by atoms with Crippen molar-refractivity contribution in [2.45, 2.75) is 38.1 Å². The van der Waals surface area contributed by atoms with Gasteiger partial charge in [0.05, 0.1) is 6.61 Å². The number of benzene rings is 1. The van der Waals surface area contributed by atoms with Crippen molar-refractivity contribution in [3.8, 4) is 0 Å². The largest absolute Gasteiger partial charge is 0.394 e. The third-order valence-corrected chi connectivity index (χ3v) is 3.66. The predicted octanol–water partition coefficient (Wildman–Crippen LogP) is 0.544. The molecule has 4 nitrogen and oxygen atoms in total.